The van der Waals surface area contributed by atoms with Gasteiger partial charge in [-0.05, 0) is 43.5 Å². The van der Waals surface area contributed by atoms with Gasteiger partial charge in [-0.3, -0.25) is 4.79 Å². The lowest BCUT2D eigenvalue weighted by Crippen LogP contribution is -2.42. The van der Waals surface area contributed by atoms with E-state index in [1.165, 1.54) is 12.1 Å². The van der Waals surface area contributed by atoms with Crippen LogP contribution in [0.15, 0.2) is 18.2 Å². The van der Waals surface area contributed by atoms with Crippen molar-refractivity contribution in [3.63, 3.8) is 0 Å². The minimum atomic E-state index is -1.00. The maximum Gasteiger partial charge on any atom is 0.267 e. The molecule has 5 heteroatoms. The van der Waals surface area contributed by atoms with Crippen LogP contribution in [0.25, 0.3) is 10.9 Å². The van der Waals surface area contributed by atoms with E-state index in [1.807, 2.05) is 19.1 Å². The number of amides is 1. The smallest absolute Gasteiger partial charge is 0.267 e. The number of nitriles is 1. The van der Waals surface area contributed by atoms with E-state index in [1.54, 1.807) is 6.07 Å². The van der Waals surface area contributed by atoms with Crippen LogP contribution in [-0.2, 0) is 0 Å². The summed E-state index contributed by atoms with van der Waals surface area (Å²) < 4.78 is 0. The van der Waals surface area contributed by atoms with Crippen molar-refractivity contribution in [1.82, 2.24) is 10.3 Å². The van der Waals surface area contributed by atoms with E-state index in [9.17, 15) is 10.1 Å². The average molecular weight is 325 g/mol. The molecule has 1 saturated heterocycles. The molecule has 23 heavy (non-hydrogen) atoms. The van der Waals surface area contributed by atoms with E-state index < -0.39 is 8.07 Å². The maximum absolute atomic E-state index is 12.5. The van der Waals surface area contributed by atoms with Crippen molar-refractivity contribution in [2.45, 2.75) is 51.0 Å². The molecule has 1 aromatic heterocycles. The van der Waals surface area contributed by atoms with Gasteiger partial charge in [-0.15, -0.1) is 0 Å². The lowest BCUT2D eigenvalue weighted by molar-refractivity contribution is 0.0929. The van der Waals surface area contributed by atoms with Gasteiger partial charge in [-0.1, -0.05) is 25.2 Å². The van der Waals surface area contributed by atoms with Gasteiger partial charge >= 0.3 is 0 Å². The first-order valence-electron chi connectivity index (χ1n) is 8.22. The number of rotatable bonds is 2. The van der Waals surface area contributed by atoms with E-state index in [4.69, 9.17) is 0 Å². The second kappa shape index (κ2) is 5.86. The Balaban J connectivity index is 1.78. The van der Waals surface area contributed by atoms with Gasteiger partial charge in [0.05, 0.1) is 11.6 Å². The van der Waals surface area contributed by atoms with E-state index in [0.717, 1.165) is 29.3 Å². The quantitative estimate of drug-likeness (QED) is 0.821. The second-order valence-corrected chi connectivity index (χ2v) is 12.8. The molecular weight excluding hydrogens is 302 g/mol. The molecule has 1 aliphatic heterocycles. The summed E-state index contributed by atoms with van der Waals surface area (Å²) >= 11 is 0. The summed E-state index contributed by atoms with van der Waals surface area (Å²) in [5.74, 6) is -0.0610. The minimum Gasteiger partial charge on any atom is -0.350 e. The third-order valence-corrected chi connectivity index (χ3v) is 8.21. The van der Waals surface area contributed by atoms with Crippen molar-refractivity contribution < 1.29 is 4.79 Å². The van der Waals surface area contributed by atoms with Gasteiger partial charge in [0.2, 0.25) is 0 Å². The van der Waals surface area contributed by atoms with Crippen molar-refractivity contribution in [1.29, 1.82) is 5.26 Å². The van der Waals surface area contributed by atoms with Crippen molar-refractivity contribution in [2.75, 3.05) is 0 Å². The Bertz CT molecular complexity index is 790. The van der Waals surface area contributed by atoms with Gasteiger partial charge in [0.1, 0.15) is 5.69 Å². The molecule has 0 radical (unpaired) electrons. The molecule has 0 unspecified atom stereocenters. The van der Waals surface area contributed by atoms with Crippen LogP contribution in [-0.4, -0.2) is 25.0 Å². The third kappa shape index (κ3) is 3.32. The Morgan fingerprint density at radius 2 is 2.00 bits per heavy atom. The molecule has 0 saturated carbocycles. The summed E-state index contributed by atoms with van der Waals surface area (Å²) in [6.07, 6.45) is 2.18. The fourth-order valence-electron chi connectivity index (χ4n) is 3.40. The van der Waals surface area contributed by atoms with Crippen LogP contribution in [0.3, 0.4) is 0 Å². The zero-order valence-electron chi connectivity index (χ0n) is 14.0. The summed E-state index contributed by atoms with van der Waals surface area (Å²) in [4.78, 5) is 15.7. The fourth-order valence-corrected chi connectivity index (χ4v) is 5.91. The zero-order chi connectivity index (χ0) is 16.6. The number of aryl methyl sites for hydroxylation is 1. The molecule has 1 aliphatic rings. The van der Waals surface area contributed by atoms with Gasteiger partial charge in [-0.2, -0.15) is 5.26 Å². The Labute approximate surface area is 137 Å². The van der Waals surface area contributed by atoms with Gasteiger partial charge in [0.25, 0.3) is 5.91 Å². The van der Waals surface area contributed by atoms with E-state index in [0.29, 0.717) is 11.3 Å². The topological polar surface area (TPSA) is 68.7 Å². The van der Waals surface area contributed by atoms with Crippen molar-refractivity contribution in [3.8, 4) is 6.07 Å². The molecule has 1 fully saturated rings. The third-order valence-electron chi connectivity index (χ3n) is 4.92. The van der Waals surface area contributed by atoms with E-state index >= 15 is 0 Å². The van der Waals surface area contributed by atoms with Crippen molar-refractivity contribution in [2.24, 2.45) is 0 Å². The maximum atomic E-state index is 12.5. The highest BCUT2D eigenvalue weighted by Crippen LogP contribution is 2.28. The van der Waals surface area contributed by atoms with Gasteiger partial charge in [0, 0.05) is 25.0 Å². The molecular formula is C18H23N3OSi. The zero-order valence-corrected chi connectivity index (χ0v) is 15.0. The molecule has 4 nitrogen and oxygen atoms in total. The van der Waals surface area contributed by atoms with Crippen LogP contribution < -0.4 is 5.32 Å². The number of benzene rings is 1. The average Bonchev–Trinajstić information content (AvgIpc) is 2.92. The lowest BCUT2D eigenvalue weighted by Gasteiger charge is -2.33. The highest BCUT2D eigenvalue weighted by Gasteiger charge is 2.29. The summed E-state index contributed by atoms with van der Waals surface area (Å²) in [6, 6.07) is 10.7. The van der Waals surface area contributed by atoms with E-state index in [2.05, 4.69) is 29.5 Å². The monoisotopic (exact) mass is 325 g/mol. The van der Waals surface area contributed by atoms with Crippen molar-refractivity contribution >= 4 is 24.9 Å². The largest absolute Gasteiger partial charge is 0.350 e. The Hall–Kier alpha value is -2.06. The molecule has 1 aromatic carbocycles. The van der Waals surface area contributed by atoms with Gasteiger partial charge < -0.3 is 10.3 Å². The standard InChI is InChI=1S/C18H23N3OSi/c1-12-8-13(11-19)15-10-17(21-16(15)9-12)18(22)20-14-4-6-23(2,3)7-5-14/h8-10,14,21H,4-7H2,1-3H3,(H,20,22). The van der Waals surface area contributed by atoms with Crippen LogP contribution >= 0.6 is 0 Å². The highest BCUT2D eigenvalue weighted by molar-refractivity contribution is 6.77. The molecule has 0 atom stereocenters. The Morgan fingerprint density at radius 3 is 2.65 bits per heavy atom. The van der Waals surface area contributed by atoms with Gasteiger partial charge in [-0.25, -0.2) is 0 Å². The SMILES string of the molecule is Cc1cc(C#N)c2cc(C(=O)NC3CC[Si](C)(C)CC3)[nH]c2c1. The number of carbonyl (C=O) groups excluding carboxylic acids is 1. The number of carbonyl (C=O) groups is 1. The first-order chi connectivity index (χ1) is 10.9. The molecule has 0 spiro atoms. The van der Waals surface area contributed by atoms with Crippen LogP contribution in [0.4, 0.5) is 0 Å². The molecule has 120 valence electrons. The summed E-state index contributed by atoms with van der Waals surface area (Å²) in [6.45, 7) is 6.80. The molecule has 3 rings (SSSR count). The van der Waals surface area contributed by atoms with Crippen LogP contribution in [0.5, 0.6) is 0 Å². The summed E-state index contributed by atoms with van der Waals surface area (Å²) in [7, 11) is -1.00. The second-order valence-electron chi connectivity index (χ2n) is 7.48. The van der Waals surface area contributed by atoms with Crippen LogP contribution in [0.2, 0.25) is 25.2 Å². The minimum absolute atomic E-state index is 0.0610. The molecule has 0 aliphatic carbocycles. The van der Waals surface area contributed by atoms with Crippen molar-refractivity contribution in [3.05, 3.63) is 35.0 Å². The first-order valence-corrected chi connectivity index (χ1v) is 11.6. The Kier molecular flexibility index (Phi) is 4.03. The summed E-state index contributed by atoms with van der Waals surface area (Å²) in [5.41, 5.74) is 3.02. The Morgan fingerprint density at radius 1 is 1.30 bits per heavy atom. The first kappa shape index (κ1) is 15.8. The molecule has 0 bridgehead atoms. The van der Waals surface area contributed by atoms with Crippen LogP contribution in [0, 0.1) is 18.3 Å². The molecule has 2 aromatic rings. The number of hydrogen-bond donors (Lipinski definition) is 2. The molecule has 1 amide bonds. The summed E-state index contributed by atoms with van der Waals surface area (Å²) in [5, 5.41) is 13.2. The number of aromatic amines is 1. The van der Waals surface area contributed by atoms with Crippen LogP contribution in [0.1, 0.15) is 34.5 Å². The number of nitrogens with one attached hydrogen (secondary N) is 2. The molecule has 2 heterocycles. The predicted octanol–water partition coefficient (Wildman–Crippen LogP) is 3.95. The number of aromatic nitrogens is 1. The number of nitrogens with zero attached hydrogens (tertiary/aromatic N) is 1. The number of hydrogen-bond acceptors (Lipinski definition) is 2. The number of H-pyrrole nitrogens is 1. The predicted molar refractivity (Wildman–Crippen MR) is 95.3 cm³/mol. The van der Waals surface area contributed by atoms with E-state index in [-0.39, 0.29) is 11.9 Å². The highest BCUT2D eigenvalue weighted by atomic mass is 28.3. The molecule has 2 N–H and O–H groups in total. The lowest BCUT2D eigenvalue weighted by atomic mass is 10.1. The van der Waals surface area contributed by atoms with Gasteiger partial charge in [0.15, 0.2) is 0 Å². The normalized spacial score (nSPS) is 17.8. The fraction of sp³-hybridized carbons (Fsp3) is 0.444. The number of fused-ring (bicyclic) bond motifs is 1.